The number of H-pyrrole nitrogens is 1. The largest absolute Gasteiger partial charge is 0.377 e. The number of carbonyl (C=O) groups is 1. The lowest BCUT2D eigenvalue weighted by atomic mass is 10.0. The zero-order valence-electron chi connectivity index (χ0n) is 10.8. The maximum absolute atomic E-state index is 12.4. The van der Waals surface area contributed by atoms with E-state index in [4.69, 9.17) is 4.74 Å². The quantitative estimate of drug-likeness (QED) is 0.847. The van der Waals surface area contributed by atoms with Gasteiger partial charge in [0, 0.05) is 12.5 Å². The highest BCUT2D eigenvalue weighted by atomic mass is 16.5. The topological polar surface area (TPSA) is 71.1 Å². The van der Waals surface area contributed by atoms with Crippen LogP contribution in [-0.2, 0) is 4.74 Å². The molecule has 1 saturated carbocycles. The molecule has 0 unspecified atom stereocenters. The summed E-state index contributed by atoms with van der Waals surface area (Å²) in [7, 11) is 0. The second-order valence-corrected chi connectivity index (χ2v) is 5.64. The van der Waals surface area contributed by atoms with Crippen LogP contribution in [0, 0.1) is 0 Å². The highest BCUT2D eigenvalue weighted by Crippen LogP contribution is 2.37. The summed E-state index contributed by atoms with van der Waals surface area (Å²) >= 11 is 0. The maximum Gasteiger partial charge on any atom is 0.294 e. The first-order valence-electron chi connectivity index (χ1n) is 6.40. The van der Waals surface area contributed by atoms with Crippen molar-refractivity contribution in [2.24, 2.45) is 0 Å². The van der Waals surface area contributed by atoms with E-state index in [-0.39, 0.29) is 17.3 Å². The first kappa shape index (κ1) is 11.6. The third-order valence-electron chi connectivity index (χ3n) is 3.55. The first-order valence-corrected chi connectivity index (χ1v) is 6.40. The smallest absolute Gasteiger partial charge is 0.294 e. The molecule has 6 nitrogen and oxygen atoms in total. The molecule has 1 aliphatic heterocycles. The zero-order valence-corrected chi connectivity index (χ0v) is 10.8. The van der Waals surface area contributed by atoms with Crippen LogP contribution < -0.4 is 0 Å². The normalized spacial score (nSPS) is 23.1. The van der Waals surface area contributed by atoms with Crippen LogP contribution in [0.15, 0.2) is 0 Å². The number of nitrogens with one attached hydrogen (secondary N) is 1. The summed E-state index contributed by atoms with van der Waals surface area (Å²) in [5.74, 6) is 1.51. The van der Waals surface area contributed by atoms with Crippen LogP contribution >= 0.6 is 0 Å². The van der Waals surface area contributed by atoms with Crippen LogP contribution in [-0.4, -0.2) is 51.3 Å². The molecule has 2 heterocycles. The van der Waals surface area contributed by atoms with Gasteiger partial charge in [-0.3, -0.25) is 9.89 Å². The van der Waals surface area contributed by atoms with Gasteiger partial charge in [0.15, 0.2) is 0 Å². The van der Waals surface area contributed by atoms with Crippen molar-refractivity contribution >= 4 is 5.91 Å². The number of carbonyl (C=O) groups excluding carboxylic acids is 1. The van der Waals surface area contributed by atoms with E-state index in [1.807, 2.05) is 13.8 Å². The molecule has 6 heteroatoms. The fourth-order valence-corrected chi connectivity index (χ4v) is 2.26. The van der Waals surface area contributed by atoms with E-state index in [1.165, 1.54) is 0 Å². The number of rotatable bonds is 2. The Balaban J connectivity index is 1.79. The molecule has 1 aromatic rings. The highest BCUT2D eigenvalue weighted by molar-refractivity contribution is 5.91. The summed E-state index contributed by atoms with van der Waals surface area (Å²) in [6, 6.07) is 0. The molecule has 0 bridgehead atoms. The number of aromatic nitrogens is 3. The molecule has 1 amide bonds. The molecular weight excluding hydrogens is 232 g/mol. The molecule has 1 aliphatic carbocycles. The molecule has 2 aliphatic rings. The Bertz CT molecular complexity index is 464. The van der Waals surface area contributed by atoms with E-state index in [2.05, 4.69) is 15.2 Å². The minimum Gasteiger partial charge on any atom is -0.377 e. The van der Waals surface area contributed by atoms with Crippen molar-refractivity contribution in [3.05, 3.63) is 11.6 Å². The van der Waals surface area contributed by atoms with Gasteiger partial charge in [-0.2, -0.15) is 0 Å². The second-order valence-electron chi connectivity index (χ2n) is 5.64. The molecule has 18 heavy (non-hydrogen) atoms. The van der Waals surface area contributed by atoms with Crippen LogP contribution in [0.4, 0.5) is 0 Å². The molecule has 0 spiro atoms. The summed E-state index contributed by atoms with van der Waals surface area (Å²) in [5, 5.41) is 6.93. The van der Waals surface area contributed by atoms with Gasteiger partial charge in [0.1, 0.15) is 5.82 Å². The Labute approximate surface area is 106 Å². The number of amides is 1. The van der Waals surface area contributed by atoms with Crippen LogP contribution in [0.5, 0.6) is 0 Å². The molecule has 1 N–H and O–H groups in total. The molecule has 3 rings (SSSR count). The fourth-order valence-electron chi connectivity index (χ4n) is 2.26. The van der Waals surface area contributed by atoms with Gasteiger partial charge in [0.25, 0.3) is 5.91 Å². The monoisotopic (exact) mass is 250 g/mol. The Kier molecular flexibility index (Phi) is 2.62. The molecule has 2 fully saturated rings. The lowest BCUT2D eigenvalue weighted by Crippen LogP contribution is -2.55. The summed E-state index contributed by atoms with van der Waals surface area (Å²) in [6.07, 6.45) is 2.29. The number of morpholine rings is 1. The van der Waals surface area contributed by atoms with Gasteiger partial charge in [-0.15, -0.1) is 5.10 Å². The van der Waals surface area contributed by atoms with Gasteiger partial charge in [-0.05, 0) is 26.7 Å². The van der Waals surface area contributed by atoms with Gasteiger partial charge in [-0.25, -0.2) is 4.98 Å². The highest BCUT2D eigenvalue weighted by Gasteiger charge is 2.37. The Morgan fingerprint density at radius 3 is 2.94 bits per heavy atom. The van der Waals surface area contributed by atoms with Gasteiger partial charge < -0.3 is 9.64 Å². The van der Waals surface area contributed by atoms with Crippen molar-refractivity contribution in [3.8, 4) is 0 Å². The minimum absolute atomic E-state index is 0.105. The molecule has 0 radical (unpaired) electrons. The number of ether oxygens (including phenoxy) is 1. The molecule has 1 aromatic heterocycles. The Morgan fingerprint density at radius 1 is 1.50 bits per heavy atom. The fraction of sp³-hybridized carbons (Fsp3) is 0.750. The van der Waals surface area contributed by atoms with Crippen molar-refractivity contribution in [1.82, 2.24) is 20.1 Å². The van der Waals surface area contributed by atoms with Gasteiger partial charge in [0.2, 0.25) is 5.82 Å². The third-order valence-corrected chi connectivity index (χ3v) is 3.55. The SMILES string of the molecule is CC1(C)COCCN1C(=O)c1n[nH]c(C2CC2)n1. The average Bonchev–Trinajstić information content (AvgIpc) is 3.06. The van der Waals surface area contributed by atoms with Crippen molar-refractivity contribution in [2.45, 2.75) is 38.1 Å². The lowest BCUT2D eigenvalue weighted by molar-refractivity contribution is -0.0375. The minimum atomic E-state index is -0.296. The molecule has 0 aromatic carbocycles. The van der Waals surface area contributed by atoms with E-state index in [9.17, 15) is 4.79 Å². The van der Waals surface area contributed by atoms with Crippen LogP contribution in [0.3, 0.4) is 0 Å². The number of nitrogens with zero attached hydrogens (tertiary/aromatic N) is 3. The van der Waals surface area contributed by atoms with E-state index < -0.39 is 0 Å². The molecule has 1 saturated heterocycles. The lowest BCUT2D eigenvalue weighted by Gasteiger charge is -2.41. The number of aromatic amines is 1. The van der Waals surface area contributed by atoms with E-state index >= 15 is 0 Å². The summed E-state index contributed by atoms with van der Waals surface area (Å²) < 4.78 is 5.41. The summed E-state index contributed by atoms with van der Waals surface area (Å²) in [4.78, 5) is 18.5. The van der Waals surface area contributed by atoms with Crippen molar-refractivity contribution < 1.29 is 9.53 Å². The third kappa shape index (κ3) is 2.01. The van der Waals surface area contributed by atoms with Crippen molar-refractivity contribution in [1.29, 1.82) is 0 Å². The van der Waals surface area contributed by atoms with Crippen molar-refractivity contribution in [3.63, 3.8) is 0 Å². The predicted octanol–water partition coefficient (Wildman–Crippen LogP) is 0.933. The Morgan fingerprint density at radius 2 is 2.28 bits per heavy atom. The van der Waals surface area contributed by atoms with E-state index in [0.717, 1.165) is 18.7 Å². The zero-order chi connectivity index (χ0) is 12.8. The molecular formula is C12H18N4O2. The number of hydrogen-bond acceptors (Lipinski definition) is 4. The second kappa shape index (κ2) is 4.05. The Hall–Kier alpha value is -1.43. The molecule has 98 valence electrons. The maximum atomic E-state index is 12.4. The summed E-state index contributed by atoms with van der Waals surface area (Å²) in [5.41, 5.74) is -0.296. The van der Waals surface area contributed by atoms with Crippen LogP contribution in [0.1, 0.15) is 49.1 Å². The predicted molar refractivity (Wildman–Crippen MR) is 64.3 cm³/mol. The van der Waals surface area contributed by atoms with Crippen molar-refractivity contribution in [2.75, 3.05) is 19.8 Å². The average molecular weight is 250 g/mol. The number of hydrogen-bond donors (Lipinski definition) is 1. The van der Waals surface area contributed by atoms with Gasteiger partial charge in [-0.1, -0.05) is 0 Å². The van der Waals surface area contributed by atoms with E-state index in [0.29, 0.717) is 25.7 Å². The standard InChI is InChI=1S/C12H18N4O2/c1-12(2)7-18-6-5-16(12)11(17)10-13-9(14-15-10)8-3-4-8/h8H,3-7H2,1-2H3,(H,13,14,15). The van der Waals surface area contributed by atoms with E-state index in [1.54, 1.807) is 4.90 Å². The van der Waals surface area contributed by atoms with Crippen LogP contribution in [0.2, 0.25) is 0 Å². The molecule has 0 atom stereocenters. The van der Waals surface area contributed by atoms with Crippen LogP contribution in [0.25, 0.3) is 0 Å². The first-order chi connectivity index (χ1) is 8.58. The van der Waals surface area contributed by atoms with Gasteiger partial charge >= 0.3 is 0 Å². The van der Waals surface area contributed by atoms with Gasteiger partial charge in [0.05, 0.1) is 18.8 Å². The summed E-state index contributed by atoms with van der Waals surface area (Å²) in [6.45, 7) is 5.73.